The number of ketones is 1. The quantitative estimate of drug-likeness (QED) is 0.421. The van der Waals surface area contributed by atoms with Crippen molar-refractivity contribution in [3.05, 3.63) is 53.6 Å². The van der Waals surface area contributed by atoms with Crippen LogP contribution in [0.25, 0.3) is 0 Å². The predicted octanol–water partition coefficient (Wildman–Crippen LogP) is 5.31. The number of alkyl halides is 3. The average molecular weight is 467 g/mol. The summed E-state index contributed by atoms with van der Waals surface area (Å²) in [6.07, 6.45) is -1.63. The van der Waals surface area contributed by atoms with E-state index in [0.717, 1.165) is 24.2 Å². The number of Topliss-reactive ketones (excluding diaryl/α,β-unsaturated/α-hetero) is 1. The Morgan fingerprint density at radius 3 is 2.72 bits per heavy atom. The first-order valence-corrected chi connectivity index (χ1v) is 11.4. The first-order valence-electron chi connectivity index (χ1n) is 10.4. The number of hydrogen-bond donors (Lipinski definition) is 1. The molecule has 0 bridgehead atoms. The molecule has 9 heteroatoms. The summed E-state index contributed by atoms with van der Waals surface area (Å²) in [5.74, 6) is -0.360. The van der Waals surface area contributed by atoms with E-state index in [1.165, 1.54) is 34.9 Å². The summed E-state index contributed by atoms with van der Waals surface area (Å²) in [6.45, 7) is 2.06. The lowest BCUT2D eigenvalue weighted by Gasteiger charge is -2.25. The minimum absolute atomic E-state index is 0.00261. The average Bonchev–Trinajstić information content (AvgIpc) is 2.85. The Morgan fingerprint density at radius 1 is 1.22 bits per heavy atom. The van der Waals surface area contributed by atoms with Crippen LogP contribution in [0, 0.1) is 0 Å². The summed E-state index contributed by atoms with van der Waals surface area (Å²) < 4.78 is 41.8. The molecule has 0 unspecified atom stereocenters. The van der Waals surface area contributed by atoms with Gasteiger partial charge >= 0.3 is 6.36 Å². The lowest BCUT2D eigenvalue weighted by molar-refractivity contribution is -0.274. The summed E-state index contributed by atoms with van der Waals surface area (Å²) in [6, 6.07) is 9.94. The van der Waals surface area contributed by atoms with Gasteiger partial charge < -0.3 is 15.4 Å². The number of benzene rings is 2. The molecule has 5 nitrogen and oxygen atoms in total. The van der Waals surface area contributed by atoms with Crippen LogP contribution in [0.3, 0.4) is 0 Å². The Bertz CT molecular complexity index is 981. The van der Waals surface area contributed by atoms with Crippen LogP contribution in [-0.2, 0) is 11.3 Å². The number of unbranched alkanes of at least 4 members (excludes halogenated alkanes) is 2. The lowest BCUT2D eigenvalue weighted by atomic mass is 10.0. The van der Waals surface area contributed by atoms with Gasteiger partial charge in [0.25, 0.3) is 0 Å². The van der Waals surface area contributed by atoms with Gasteiger partial charge in [0, 0.05) is 22.6 Å². The van der Waals surface area contributed by atoms with E-state index in [-0.39, 0.29) is 24.0 Å². The Balaban J connectivity index is 1.91. The molecule has 32 heavy (non-hydrogen) atoms. The van der Waals surface area contributed by atoms with E-state index in [0.29, 0.717) is 29.0 Å². The molecule has 1 aliphatic rings. The van der Waals surface area contributed by atoms with E-state index < -0.39 is 12.4 Å². The van der Waals surface area contributed by atoms with Crippen molar-refractivity contribution in [3.63, 3.8) is 0 Å². The molecule has 0 aliphatic carbocycles. The summed E-state index contributed by atoms with van der Waals surface area (Å²) in [4.78, 5) is 27.9. The Labute approximate surface area is 189 Å². The third kappa shape index (κ3) is 6.26. The number of hydrogen-bond acceptors (Lipinski definition) is 5. The van der Waals surface area contributed by atoms with E-state index in [9.17, 15) is 22.8 Å². The lowest BCUT2D eigenvalue weighted by Crippen LogP contribution is -2.44. The van der Waals surface area contributed by atoms with Gasteiger partial charge in [-0.1, -0.05) is 38.0 Å². The fraction of sp³-hybridized carbons (Fsp3) is 0.391. The predicted molar refractivity (Wildman–Crippen MR) is 118 cm³/mol. The highest BCUT2D eigenvalue weighted by Crippen LogP contribution is 2.36. The van der Waals surface area contributed by atoms with E-state index in [2.05, 4.69) is 11.7 Å². The molecule has 0 aromatic heterocycles. The van der Waals surface area contributed by atoms with Crippen molar-refractivity contribution in [1.29, 1.82) is 0 Å². The van der Waals surface area contributed by atoms with Crippen LogP contribution >= 0.6 is 11.8 Å². The molecular weight excluding hydrogens is 441 g/mol. The van der Waals surface area contributed by atoms with E-state index in [1.54, 1.807) is 24.3 Å². The van der Waals surface area contributed by atoms with Gasteiger partial charge in [0.2, 0.25) is 5.91 Å². The number of anilines is 1. The molecule has 2 N–H and O–H groups in total. The van der Waals surface area contributed by atoms with Crippen LogP contribution in [0.5, 0.6) is 5.75 Å². The summed E-state index contributed by atoms with van der Waals surface area (Å²) in [5, 5.41) is 0. The maximum absolute atomic E-state index is 13.0. The van der Waals surface area contributed by atoms with Crippen molar-refractivity contribution >= 4 is 29.1 Å². The van der Waals surface area contributed by atoms with Crippen LogP contribution < -0.4 is 15.4 Å². The monoisotopic (exact) mass is 466 g/mol. The molecule has 172 valence electrons. The summed E-state index contributed by atoms with van der Waals surface area (Å²) in [7, 11) is 0. The molecule has 3 rings (SSSR count). The van der Waals surface area contributed by atoms with Crippen molar-refractivity contribution in [2.24, 2.45) is 5.73 Å². The minimum Gasteiger partial charge on any atom is -0.406 e. The Hall–Kier alpha value is -2.52. The van der Waals surface area contributed by atoms with Crippen LogP contribution in [-0.4, -0.2) is 29.8 Å². The van der Waals surface area contributed by atoms with Crippen LogP contribution in [0.2, 0.25) is 0 Å². The van der Waals surface area contributed by atoms with Gasteiger partial charge in [-0.05, 0) is 36.2 Å². The second-order valence-corrected chi connectivity index (χ2v) is 8.66. The molecule has 0 radical (unpaired) electrons. The maximum Gasteiger partial charge on any atom is 0.573 e. The third-order valence-electron chi connectivity index (χ3n) is 5.05. The number of amides is 1. The first-order chi connectivity index (χ1) is 15.2. The zero-order valence-corrected chi connectivity index (χ0v) is 18.5. The number of ether oxygens (including phenoxy) is 1. The number of thioether (sulfide) groups is 1. The highest BCUT2D eigenvalue weighted by atomic mass is 32.2. The zero-order valence-electron chi connectivity index (χ0n) is 17.7. The van der Waals surface area contributed by atoms with Crippen LogP contribution in [0.4, 0.5) is 18.9 Å². The molecule has 1 amide bonds. The first kappa shape index (κ1) is 24.1. The number of nitrogens with two attached hydrogens (primary N) is 1. The molecule has 0 saturated heterocycles. The smallest absolute Gasteiger partial charge is 0.406 e. The largest absolute Gasteiger partial charge is 0.573 e. The number of carbonyl (C=O) groups is 2. The maximum atomic E-state index is 13.0. The fourth-order valence-corrected chi connectivity index (χ4v) is 4.44. The van der Waals surface area contributed by atoms with Crippen molar-refractivity contribution in [3.8, 4) is 5.75 Å². The number of fused-ring (bicyclic) bond motifs is 1. The molecule has 1 aliphatic heterocycles. The fourth-order valence-electron chi connectivity index (χ4n) is 3.46. The molecule has 0 saturated carbocycles. The Morgan fingerprint density at radius 2 is 2.00 bits per heavy atom. The van der Waals surface area contributed by atoms with Gasteiger partial charge in [0.1, 0.15) is 5.75 Å². The van der Waals surface area contributed by atoms with Gasteiger partial charge in [-0.3, -0.25) is 9.59 Å². The molecule has 2 aromatic rings. The second-order valence-electron chi connectivity index (χ2n) is 7.60. The van der Waals surface area contributed by atoms with Crippen molar-refractivity contribution < 1.29 is 27.5 Å². The van der Waals surface area contributed by atoms with Crippen molar-refractivity contribution in [2.75, 3.05) is 10.7 Å². The topological polar surface area (TPSA) is 72.6 Å². The zero-order chi connectivity index (χ0) is 23.3. The standard InChI is InChI=1S/C23H25F3N2O3S/c1-2-3-4-8-20(29)16-9-10-21-19(12-16)28(22(30)18(27)14-32-21)13-15-6-5-7-17(11-15)31-23(24,25)26/h5-7,9-12,18H,2-4,8,13-14,27H2,1H3/t18-/m0/s1. The minimum atomic E-state index is -4.81. The number of nitrogens with zero attached hydrogens (tertiary/aromatic N) is 1. The van der Waals surface area contributed by atoms with Gasteiger partial charge in [-0.15, -0.1) is 24.9 Å². The number of halogens is 3. The normalized spacial score (nSPS) is 16.5. The third-order valence-corrected chi connectivity index (χ3v) is 6.24. The van der Waals surface area contributed by atoms with Crippen LogP contribution in [0.1, 0.15) is 48.5 Å². The number of carbonyl (C=O) groups excluding carboxylic acids is 2. The van der Waals surface area contributed by atoms with Crippen LogP contribution in [0.15, 0.2) is 47.4 Å². The number of rotatable bonds is 8. The molecular formula is C23H25F3N2O3S. The van der Waals surface area contributed by atoms with E-state index in [4.69, 9.17) is 5.73 Å². The molecule has 1 atom stereocenters. The van der Waals surface area contributed by atoms with Gasteiger partial charge in [-0.2, -0.15) is 0 Å². The van der Waals surface area contributed by atoms with E-state index in [1.807, 2.05) is 0 Å². The Kier molecular flexibility index (Phi) is 7.84. The second kappa shape index (κ2) is 10.4. The summed E-state index contributed by atoms with van der Waals surface area (Å²) in [5.41, 5.74) is 7.53. The molecule has 2 aromatic carbocycles. The van der Waals surface area contributed by atoms with Crippen molar-refractivity contribution in [1.82, 2.24) is 0 Å². The highest BCUT2D eigenvalue weighted by Gasteiger charge is 2.32. The molecule has 0 fully saturated rings. The molecule has 0 spiro atoms. The molecule has 1 heterocycles. The van der Waals surface area contributed by atoms with Gasteiger partial charge in [0.05, 0.1) is 18.3 Å². The van der Waals surface area contributed by atoms with Gasteiger partial charge in [0.15, 0.2) is 5.78 Å². The highest BCUT2D eigenvalue weighted by molar-refractivity contribution is 7.99. The van der Waals surface area contributed by atoms with Crippen molar-refractivity contribution in [2.45, 2.75) is 56.5 Å². The van der Waals surface area contributed by atoms with Gasteiger partial charge in [-0.25, -0.2) is 0 Å². The summed E-state index contributed by atoms with van der Waals surface area (Å²) >= 11 is 1.42. The van der Waals surface area contributed by atoms with E-state index >= 15 is 0 Å². The SMILES string of the molecule is CCCCCC(=O)c1ccc2c(c1)N(Cc1cccc(OC(F)(F)F)c1)C(=O)[C@@H](N)CS2.